The van der Waals surface area contributed by atoms with E-state index in [1.807, 2.05) is 4.90 Å². The number of amides is 1. The lowest BCUT2D eigenvalue weighted by molar-refractivity contribution is 0.0643. The zero-order valence-corrected chi connectivity index (χ0v) is 14.4. The van der Waals surface area contributed by atoms with Crippen LogP contribution in [0.15, 0.2) is 42.7 Å². The van der Waals surface area contributed by atoms with Gasteiger partial charge in [0.05, 0.1) is 11.3 Å². The van der Waals surface area contributed by atoms with E-state index in [0.717, 1.165) is 32.7 Å². The fourth-order valence-electron chi connectivity index (χ4n) is 2.94. The number of hydrogen-bond acceptors (Lipinski definition) is 4. The summed E-state index contributed by atoms with van der Waals surface area (Å²) in [5.74, 6) is -0.248. The van der Waals surface area contributed by atoms with Gasteiger partial charge in [-0.3, -0.25) is 9.78 Å². The number of piperazine rings is 1. The summed E-state index contributed by atoms with van der Waals surface area (Å²) in [6.07, 6.45) is 3.23. The van der Waals surface area contributed by atoms with Crippen LogP contribution in [-0.4, -0.2) is 53.4 Å². The second-order valence-corrected chi connectivity index (χ2v) is 6.13. The van der Waals surface area contributed by atoms with E-state index in [9.17, 15) is 9.18 Å². The molecular weight excluding hydrogens is 319 g/mol. The van der Waals surface area contributed by atoms with Gasteiger partial charge in [0.15, 0.2) is 0 Å². The molecule has 2 aromatic rings. The molecule has 25 heavy (non-hydrogen) atoms. The molecular formula is C19H23FN4O. The van der Waals surface area contributed by atoms with E-state index < -0.39 is 0 Å². The molecule has 132 valence electrons. The summed E-state index contributed by atoms with van der Waals surface area (Å²) < 4.78 is 13.7. The standard InChI is InChI=1S/C19H23FN4O/c1-2-23-7-9-24(10-8-23)19(25)16-11-17(14-21-12-16)22-13-15-5-3-4-6-18(15)20/h3-6,11-12,14,22H,2,7-10,13H2,1H3. The van der Waals surface area contributed by atoms with Crippen LogP contribution < -0.4 is 5.32 Å². The van der Waals surface area contributed by atoms with Crippen molar-refractivity contribution in [1.29, 1.82) is 0 Å². The fraction of sp³-hybridized carbons (Fsp3) is 0.368. The molecule has 0 unspecified atom stereocenters. The SMILES string of the molecule is CCN1CCN(C(=O)c2cncc(NCc3ccccc3F)c2)CC1. The molecule has 0 radical (unpaired) electrons. The summed E-state index contributed by atoms with van der Waals surface area (Å²) >= 11 is 0. The predicted octanol–water partition coefficient (Wildman–Crippen LogP) is 2.61. The number of aromatic nitrogens is 1. The highest BCUT2D eigenvalue weighted by Crippen LogP contribution is 2.15. The summed E-state index contributed by atoms with van der Waals surface area (Å²) in [4.78, 5) is 21.0. The molecule has 0 spiro atoms. The molecule has 1 saturated heterocycles. The van der Waals surface area contributed by atoms with Crippen molar-refractivity contribution in [3.8, 4) is 0 Å². The van der Waals surface area contributed by atoms with Crippen molar-refractivity contribution in [1.82, 2.24) is 14.8 Å². The molecule has 0 atom stereocenters. The van der Waals surface area contributed by atoms with Gasteiger partial charge in [0.1, 0.15) is 5.82 Å². The first kappa shape index (κ1) is 17.4. The predicted molar refractivity (Wildman–Crippen MR) is 96.0 cm³/mol. The van der Waals surface area contributed by atoms with E-state index in [1.165, 1.54) is 6.07 Å². The summed E-state index contributed by atoms with van der Waals surface area (Å²) in [5, 5.41) is 3.13. The molecule has 0 aliphatic carbocycles. The Morgan fingerprint density at radius 3 is 2.68 bits per heavy atom. The average Bonchev–Trinajstić information content (AvgIpc) is 2.67. The van der Waals surface area contributed by atoms with Crippen LogP contribution in [0.3, 0.4) is 0 Å². The Bertz CT molecular complexity index is 729. The molecule has 1 aromatic heterocycles. The van der Waals surface area contributed by atoms with E-state index in [1.54, 1.807) is 36.7 Å². The number of hydrogen-bond donors (Lipinski definition) is 1. The van der Waals surface area contributed by atoms with Crippen molar-refractivity contribution < 1.29 is 9.18 Å². The highest BCUT2D eigenvalue weighted by Gasteiger charge is 2.21. The van der Waals surface area contributed by atoms with E-state index >= 15 is 0 Å². The Balaban J connectivity index is 1.63. The second-order valence-electron chi connectivity index (χ2n) is 6.13. The number of nitrogens with one attached hydrogen (secondary N) is 1. The third kappa shape index (κ3) is 4.33. The van der Waals surface area contributed by atoms with Gasteiger partial charge in [-0.15, -0.1) is 0 Å². The lowest BCUT2D eigenvalue weighted by Crippen LogP contribution is -2.48. The Hall–Kier alpha value is -2.47. The third-order valence-electron chi connectivity index (χ3n) is 4.53. The van der Waals surface area contributed by atoms with Crippen LogP contribution in [0.4, 0.5) is 10.1 Å². The minimum atomic E-state index is -0.246. The fourth-order valence-corrected chi connectivity index (χ4v) is 2.94. The van der Waals surface area contributed by atoms with Gasteiger partial charge in [0, 0.05) is 50.7 Å². The number of carbonyl (C=O) groups is 1. The Morgan fingerprint density at radius 2 is 1.96 bits per heavy atom. The molecule has 1 aliphatic heterocycles. The van der Waals surface area contributed by atoms with E-state index in [2.05, 4.69) is 22.1 Å². The van der Waals surface area contributed by atoms with Crippen LogP contribution in [0.5, 0.6) is 0 Å². The zero-order chi connectivity index (χ0) is 17.6. The lowest BCUT2D eigenvalue weighted by atomic mass is 10.2. The quantitative estimate of drug-likeness (QED) is 0.907. The van der Waals surface area contributed by atoms with Crippen molar-refractivity contribution >= 4 is 11.6 Å². The zero-order valence-electron chi connectivity index (χ0n) is 14.4. The van der Waals surface area contributed by atoms with Crippen LogP contribution in [0.2, 0.25) is 0 Å². The molecule has 0 bridgehead atoms. The van der Waals surface area contributed by atoms with Crippen LogP contribution in [0.1, 0.15) is 22.8 Å². The first-order valence-corrected chi connectivity index (χ1v) is 8.61. The molecule has 2 heterocycles. The van der Waals surface area contributed by atoms with E-state index in [0.29, 0.717) is 23.4 Å². The van der Waals surface area contributed by atoms with Crippen LogP contribution >= 0.6 is 0 Å². The first-order valence-electron chi connectivity index (χ1n) is 8.61. The minimum absolute atomic E-state index is 0.00204. The number of benzene rings is 1. The topological polar surface area (TPSA) is 48.5 Å². The number of halogens is 1. The van der Waals surface area contributed by atoms with Gasteiger partial charge in [-0.05, 0) is 18.7 Å². The van der Waals surface area contributed by atoms with Crippen molar-refractivity contribution in [2.24, 2.45) is 0 Å². The van der Waals surface area contributed by atoms with Gasteiger partial charge in [-0.25, -0.2) is 4.39 Å². The lowest BCUT2D eigenvalue weighted by Gasteiger charge is -2.34. The molecule has 3 rings (SSSR count). The van der Waals surface area contributed by atoms with E-state index in [4.69, 9.17) is 0 Å². The van der Waals surface area contributed by atoms with Crippen molar-refractivity contribution in [2.75, 3.05) is 38.0 Å². The van der Waals surface area contributed by atoms with E-state index in [-0.39, 0.29) is 11.7 Å². The number of pyridine rings is 1. The molecule has 1 fully saturated rings. The summed E-state index contributed by atoms with van der Waals surface area (Å²) in [7, 11) is 0. The van der Waals surface area contributed by atoms with Crippen molar-refractivity contribution in [2.45, 2.75) is 13.5 Å². The van der Waals surface area contributed by atoms with Crippen LogP contribution in [0.25, 0.3) is 0 Å². The highest BCUT2D eigenvalue weighted by molar-refractivity contribution is 5.94. The van der Waals surface area contributed by atoms with Gasteiger partial charge in [0.25, 0.3) is 5.91 Å². The minimum Gasteiger partial charge on any atom is -0.380 e. The smallest absolute Gasteiger partial charge is 0.255 e. The number of anilines is 1. The van der Waals surface area contributed by atoms with Crippen LogP contribution in [0, 0.1) is 5.82 Å². The van der Waals surface area contributed by atoms with Gasteiger partial charge in [-0.2, -0.15) is 0 Å². The molecule has 1 aliphatic rings. The summed E-state index contributed by atoms with van der Waals surface area (Å²) in [6.45, 7) is 6.77. The van der Waals surface area contributed by atoms with Crippen molar-refractivity contribution in [3.63, 3.8) is 0 Å². The highest BCUT2D eigenvalue weighted by atomic mass is 19.1. The Kier molecular flexibility index (Phi) is 5.60. The van der Waals surface area contributed by atoms with Gasteiger partial charge < -0.3 is 15.1 Å². The van der Waals surface area contributed by atoms with Gasteiger partial charge >= 0.3 is 0 Å². The third-order valence-corrected chi connectivity index (χ3v) is 4.53. The maximum Gasteiger partial charge on any atom is 0.255 e. The Morgan fingerprint density at radius 1 is 1.20 bits per heavy atom. The maximum absolute atomic E-state index is 13.7. The van der Waals surface area contributed by atoms with Crippen molar-refractivity contribution in [3.05, 3.63) is 59.7 Å². The van der Waals surface area contributed by atoms with Gasteiger partial charge in [0.2, 0.25) is 0 Å². The molecule has 1 aromatic carbocycles. The molecule has 5 nitrogen and oxygen atoms in total. The number of rotatable bonds is 5. The first-order chi connectivity index (χ1) is 12.2. The largest absolute Gasteiger partial charge is 0.380 e. The molecule has 6 heteroatoms. The normalized spacial score (nSPS) is 15.2. The molecule has 1 amide bonds. The second kappa shape index (κ2) is 8.07. The monoisotopic (exact) mass is 342 g/mol. The molecule has 0 saturated carbocycles. The summed E-state index contributed by atoms with van der Waals surface area (Å²) in [6, 6.07) is 8.41. The number of likely N-dealkylation sites (N-methyl/N-ethyl adjacent to an activating group) is 1. The Labute approximate surface area is 147 Å². The average molecular weight is 342 g/mol. The summed E-state index contributed by atoms with van der Waals surface area (Å²) in [5.41, 5.74) is 1.85. The molecule has 1 N–H and O–H groups in total. The van der Waals surface area contributed by atoms with Gasteiger partial charge in [-0.1, -0.05) is 25.1 Å². The number of nitrogens with zero attached hydrogens (tertiary/aromatic N) is 3. The maximum atomic E-state index is 13.7. The number of carbonyl (C=O) groups excluding carboxylic acids is 1. The van der Waals surface area contributed by atoms with Crippen LogP contribution in [-0.2, 0) is 6.54 Å².